The zero-order chi connectivity index (χ0) is 15.9. The monoisotopic (exact) mass is 375 g/mol. The lowest BCUT2D eigenvalue weighted by Crippen LogP contribution is -2.42. The predicted molar refractivity (Wildman–Crippen MR) is 105 cm³/mol. The number of nitrogens with zero attached hydrogens (tertiary/aromatic N) is 1. The smallest absolute Gasteiger partial charge is 0.224 e. The minimum absolute atomic E-state index is 0. The molecule has 1 heterocycles. The minimum atomic E-state index is -0.253. The van der Waals surface area contributed by atoms with Crippen molar-refractivity contribution in [3.63, 3.8) is 0 Å². The molecular formula is C18H31Cl2N3O. The van der Waals surface area contributed by atoms with Gasteiger partial charge in [-0.05, 0) is 37.4 Å². The van der Waals surface area contributed by atoms with E-state index in [1.807, 2.05) is 37.3 Å². The highest BCUT2D eigenvalue weighted by Gasteiger charge is 2.22. The summed E-state index contributed by atoms with van der Waals surface area (Å²) in [6.07, 6.45) is 2.53. The molecule has 0 aromatic heterocycles. The number of piperidine rings is 1. The lowest BCUT2D eigenvalue weighted by atomic mass is 9.95. The number of nitrogens with one attached hydrogen (secondary N) is 1. The highest BCUT2D eigenvalue weighted by molar-refractivity contribution is 5.85. The molecule has 3 N–H and O–H groups in total. The van der Waals surface area contributed by atoms with Crippen LogP contribution >= 0.6 is 24.8 Å². The SMILES string of the molecule is CC1CCN(CCNC(=O)C(C)C(N)c2ccccc2)CC1.Cl.Cl. The molecule has 1 saturated heterocycles. The molecule has 1 amide bonds. The fourth-order valence-electron chi connectivity index (χ4n) is 2.91. The highest BCUT2D eigenvalue weighted by atomic mass is 35.5. The van der Waals surface area contributed by atoms with Gasteiger partial charge in [-0.15, -0.1) is 24.8 Å². The van der Waals surface area contributed by atoms with E-state index in [9.17, 15) is 4.79 Å². The molecule has 1 aromatic carbocycles. The zero-order valence-electron chi connectivity index (χ0n) is 14.6. The maximum atomic E-state index is 12.2. The summed E-state index contributed by atoms with van der Waals surface area (Å²) in [5, 5.41) is 3.03. The molecule has 0 aliphatic carbocycles. The molecule has 6 heteroatoms. The van der Waals surface area contributed by atoms with E-state index < -0.39 is 0 Å². The van der Waals surface area contributed by atoms with Crippen LogP contribution in [0.15, 0.2) is 30.3 Å². The third-order valence-corrected chi connectivity index (χ3v) is 4.74. The van der Waals surface area contributed by atoms with Crippen molar-refractivity contribution in [2.75, 3.05) is 26.2 Å². The second-order valence-electron chi connectivity index (χ2n) is 6.54. The maximum Gasteiger partial charge on any atom is 0.224 e. The number of carbonyl (C=O) groups excluding carboxylic acids is 1. The number of halogens is 2. The Morgan fingerprint density at radius 1 is 1.25 bits per heavy atom. The average molecular weight is 376 g/mol. The largest absolute Gasteiger partial charge is 0.355 e. The van der Waals surface area contributed by atoms with E-state index in [1.54, 1.807) is 0 Å². The van der Waals surface area contributed by atoms with Crippen molar-refractivity contribution in [1.82, 2.24) is 10.2 Å². The van der Waals surface area contributed by atoms with Crippen molar-refractivity contribution >= 4 is 30.7 Å². The van der Waals surface area contributed by atoms with E-state index in [1.165, 1.54) is 12.8 Å². The van der Waals surface area contributed by atoms with Crippen LogP contribution in [-0.4, -0.2) is 37.0 Å². The van der Waals surface area contributed by atoms with Crippen LogP contribution in [0.4, 0.5) is 0 Å². The Labute approximate surface area is 158 Å². The Bertz CT molecular complexity index is 465. The first-order chi connectivity index (χ1) is 10.6. The maximum absolute atomic E-state index is 12.2. The Balaban J connectivity index is 0.00000264. The Hall–Kier alpha value is -0.810. The van der Waals surface area contributed by atoms with Crippen LogP contribution in [0, 0.1) is 11.8 Å². The average Bonchev–Trinajstić information content (AvgIpc) is 2.56. The summed E-state index contributed by atoms with van der Waals surface area (Å²) < 4.78 is 0. The second kappa shape index (κ2) is 11.7. The van der Waals surface area contributed by atoms with Crippen molar-refractivity contribution in [1.29, 1.82) is 0 Å². The summed E-state index contributed by atoms with van der Waals surface area (Å²) in [7, 11) is 0. The van der Waals surface area contributed by atoms with Gasteiger partial charge in [0.05, 0.1) is 5.92 Å². The van der Waals surface area contributed by atoms with Crippen molar-refractivity contribution in [2.45, 2.75) is 32.7 Å². The molecule has 4 nitrogen and oxygen atoms in total. The van der Waals surface area contributed by atoms with Gasteiger partial charge in [0.2, 0.25) is 5.91 Å². The number of amides is 1. The van der Waals surface area contributed by atoms with Gasteiger partial charge in [0.25, 0.3) is 0 Å². The van der Waals surface area contributed by atoms with Gasteiger partial charge in [-0.25, -0.2) is 0 Å². The fourth-order valence-corrected chi connectivity index (χ4v) is 2.91. The number of rotatable bonds is 6. The van der Waals surface area contributed by atoms with E-state index in [2.05, 4.69) is 17.1 Å². The molecule has 0 saturated carbocycles. The minimum Gasteiger partial charge on any atom is -0.355 e. The van der Waals surface area contributed by atoms with Crippen molar-refractivity contribution in [2.24, 2.45) is 17.6 Å². The van der Waals surface area contributed by atoms with Gasteiger partial charge < -0.3 is 16.0 Å². The summed E-state index contributed by atoms with van der Waals surface area (Å²) in [6.45, 7) is 8.15. The Kier molecular flexibility index (Phi) is 11.3. The van der Waals surface area contributed by atoms with E-state index >= 15 is 0 Å². The quantitative estimate of drug-likeness (QED) is 0.803. The number of benzene rings is 1. The number of hydrogen-bond acceptors (Lipinski definition) is 3. The number of carbonyl (C=O) groups is 1. The van der Waals surface area contributed by atoms with Crippen LogP contribution in [-0.2, 0) is 4.79 Å². The molecule has 0 radical (unpaired) electrons. The van der Waals surface area contributed by atoms with Gasteiger partial charge >= 0.3 is 0 Å². The van der Waals surface area contributed by atoms with Crippen LogP contribution < -0.4 is 11.1 Å². The molecule has 1 aliphatic rings. The first-order valence-electron chi connectivity index (χ1n) is 8.38. The molecule has 2 atom stereocenters. The first-order valence-corrected chi connectivity index (χ1v) is 8.38. The predicted octanol–water partition coefficient (Wildman–Crippen LogP) is 3.01. The van der Waals surface area contributed by atoms with Crippen LogP contribution in [0.25, 0.3) is 0 Å². The second-order valence-corrected chi connectivity index (χ2v) is 6.54. The molecule has 1 aliphatic heterocycles. The lowest BCUT2D eigenvalue weighted by Gasteiger charge is -2.30. The van der Waals surface area contributed by atoms with Gasteiger partial charge in [-0.2, -0.15) is 0 Å². The summed E-state index contributed by atoms with van der Waals surface area (Å²) in [5.41, 5.74) is 7.21. The number of hydrogen-bond donors (Lipinski definition) is 2. The Morgan fingerprint density at radius 2 is 1.83 bits per heavy atom. The van der Waals surface area contributed by atoms with Gasteiger partial charge in [0.15, 0.2) is 0 Å². The van der Waals surface area contributed by atoms with E-state index in [-0.39, 0.29) is 42.7 Å². The van der Waals surface area contributed by atoms with Gasteiger partial charge in [0.1, 0.15) is 0 Å². The molecule has 0 bridgehead atoms. The summed E-state index contributed by atoms with van der Waals surface area (Å²) in [5.74, 6) is 0.667. The van der Waals surface area contributed by atoms with E-state index in [4.69, 9.17) is 5.73 Å². The third kappa shape index (κ3) is 6.98. The van der Waals surface area contributed by atoms with Crippen molar-refractivity contribution in [3.05, 3.63) is 35.9 Å². The first kappa shape index (κ1) is 23.2. The fraction of sp³-hybridized carbons (Fsp3) is 0.611. The van der Waals surface area contributed by atoms with Crippen LogP contribution in [0.1, 0.15) is 38.3 Å². The van der Waals surface area contributed by atoms with Gasteiger partial charge in [-0.3, -0.25) is 4.79 Å². The molecule has 2 rings (SSSR count). The van der Waals surface area contributed by atoms with Crippen LogP contribution in [0.3, 0.4) is 0 Å². The van der Waals surface area contributed by atoms with Gasteiger partial charge in [-0.1, -0.05) is 44.2 Å². The number of likely N-dealkylation sites (tertiary alicyclic amines) is 1. The lowest BCUT2D eigenvalue weighted by molar-refractivity contribution is -0.125. The van der Waals surface area contributed by atoms with Crippen LogP contribution in [0.5, 0.6) is 0 Å². The topological polar surface area (TPSA) is 58.4 Å². The number of nitrogens with two attached hydrogens (primary N) is 1. The van der Waals surface area contributed by atoms with Crippen LogP contribution in [0.2, 0.25) is 0 Å². The molecule has 24 heavy (non-hydrogen) atoms. The zero-order valence-corrected chi connectivity index (χ0v) is 16.2. The Morgan fingerprint density at radius 3 is 2.42 bits per heavy atom. The molecule has 138 valence electrons. The standard InChI is InChI=1S/C18H29N3O.2ClH/c1-14-8-11-21(12-9-14)13-10-20-18(22)15(2)17(19)16-6-4-3-5-7-16;;/h3-7,14-15,17H,8-13,19H2,1-2H3,(H,20,22);2*1H. The van der Waals surface area contributed by atoms with E-state index in [0.717, 1.165) is 31.1 Å². The molecule has 0 spiro atoms. The van der Waals surface area contributed by atoms with Crippen molar-refractivity contribution < 1.29 is 4.79 Å². The molecular weight excluding hydrogens is 345 g/mol. The van der Waals surface area contributed by atoms with Crippen molar-refractivity contribution in [3.8, 4) is 0 Å². The highest BCUT2D eigenvalue weighted by Crippen LogP contribution is 2.19. The van der Waals surface area contributed by atoms with Gasteiger partial charge in [0, 0.05) is 19.1 Å². The normalized spacial score (nSPS) is 18.0. The third-order valence-electron chi connectivity index (χ3n) is 4.74. The summed E-state index contributed by atoms with van der Waals surface area (Å²) >= 11 is 0. The summed E-state index contributed by atoms with van der Waals surface area (Å²) in [4.78, 5) is 14.7. The molecule has 1 fully saturated rings. The molecule has 1 aromatic rings. The van der Waals surface area contributed by atoms with E-state index in [0.29, 0.717) is 6.54 Å². The molecule has 2 unspecified atom stereocenters. The summed E-state index contributed by atoms with van der Waals surface area (Å²) in [6, 6.07) is 9.57.